The minimum Gasteiger partial charge on any atom is -0.491 e. The molecule has 1 aromatic heterocycles. The third-order valence-electron chi connectivity index (χ3n) is 4.82. The van der Waals surface area contributed by atoms with E-state index in [9.17, 15) is 18.0 Å². The predicted octanol–water partition coefficient (Wildman–Crippen LogP) is 4.56. The third kappa shape index (κ3) is 4.92. The molecule has 1 heterocycles. The van der Waals surface area contributed by atoms with Crippen LogP contribution in [0.3, 0.4) is 0 Å². The zero-order chi connectivity index (χ0) is 22.2. The topological polar surface area (TPSA) is 73.6 Å². The van der Waals surface area contributed by atoms with Crippen LogP contribution in [0, 0.1) is 11.6 Å². The second kappa shape index (κ2) is 8.13. The monoisotopic (exact) mass is 434 g/mol. The van der Waals surface area contributed by atoms with E-state index in [2.05, 4.69) is 10.3 Å². The molecule has 164 valence electrons. The second-order valence-electron chi connectivity index (χ2n) is 7.77. The van der Waals surface area contributed by atoms with Crippen molar-refractivity contribution >= 4 is 17.0 Å². The molecule has 4 rings (SSSR count). The number of hydrogen-bond donors (Lipinski definition) is 1. The van der Waals surface area contributed by atoms with Crippen molar-refractivity contribution in [2.45, 2.75) is 38.4 Å². The zero-order valence-corrected chi connectivity index (χ0v) is 17.0. The number of oxazole rings is 1. The van der Waals surface area contributed by atoms with E-state index in [1.807, 2.05) is 0 Å². The Labute approximate surface area is 176 Å². The average Bonchev–Trinajstić information content (AvgIpc) is 3.28. The fraction of sp³-hybridized carbons (Fsp3) is 0.364. The van der Waals surface area contributed by atoms with Gasteiger partial charge in [-0.05, 0) is 44.0 Å². The summed E-state index contributed by atoms with van der Waals surface area (Å²) in [6, 6.07) is 6.82. The summed E-state index contributed by atoms with van der Waals surface area (Å²) in [6.07, 6.45) is 0.657. The van der Waals surface area contributed by atoms with Gasteiger partial charge in [-0.3, -0.25) is 4.79 Å². The van der Waals surface area contributed by atoms with Crippen LogP contribution in [0.4, 0.5) is 13.2 Å². The first-order valence-corrected chi connectivity index (χ1v) is 9.84. The van der Waals surface area contributed by atoms with E-state index in [-0.39, 0.29) is 36.6 Å². The van der Waals surface area contributed by atoms with Gasteiger partial charge in [-0.15, -0.1) is 0 Å². The Hall–Kier alpha value is -3.23. The van der Waals surface area contributed by atoms with Gasteiger partial charge in [0, 0.05) is 18.6 Å². The number of carbonyl (C=O) groups excluding carboxylic acids is 1. The molecule has 0 radical (unpaired) electrons. The number of aromatic nitrogens is 1. The lowest BCUT2D eigenvalue weighted by atomic mass is 10.2. The average molecular weight is 434 g/mol. The van der Waals surface area contributed by atoms with Crippen molar-refractivity contribution in [1.29, 1.82) is 0 Å². The molecule has 9 heteroatoms. The molecule has 1 aliphatic rings. The number of rotatable bonds is 8. The zero-order valence-electron chi connectivity index (χ0n) is 17.0. The van der Waals surface area contributed by atoms with Crippen molar-refractivity contribution in [2.75, 3.05) is 13.2 Å². The number of nitrogens with one attached hydrogen (secondary N) is 1. The van der Waals surface area contributed by atoms with Gasteiger partial charge in [0.05, 0.1) is 6.04 Å². The largest absolute Gasteiger partial charge is 0.491 e. The number of ether oxygens (including phenoxy) is 2. The lowest BCUT2D eigenvalue weighted by molar-refractivity contribution is -0.119. The summed E-state index contributed by atoms with van der Waals surface area (Å²) in [4.78, 5) is 15.3. The first-order valence-electron chi connectivity index (χ1n) is 9.84. The van der Waals surface area contributed by atoms with Crippen molar-refractivity contribution in [3.8, 4) is 23.0 Å². The summed E-state index contributed by atoms with van der Waals surface area (Å²) in [5.74, 6) is -2.18. The van der Waals surface area contributed by atoms with Crippen LogP contribution >= 0.6 is 0 Å². The van der Waals surface area contributed by atoms with Gasteiger partial charge < -0.3 is 19.2 Å². The number of carbonyl (C=O) groups is 1. The number of alkyl halides is 1. The van der Waals surface area contributed by atoms with E-state index in [0.29, 0.717) is 29.7 Å². The smallest absolute Gasteiger partial charge is 0.227 e. The van der Waals surface area contributed by atoms with Crippen molar-refractivity contribution in [3.05, 3.63) is 42.0 Å². The maximum absolute atomic E-state index is 14.4. The summed E-state index contributed by atoms with van der Waals surface area (Å²) in [5, 5.41) is 2.71. The highest BCUT2D eigenvalue weighted by molar-refractivity contribution is 5.77. The van der Waals surface area contributed by atoms with Gasteiger partial charge in [0.15, 0.2) is 23.0 Å². The Morgan fingerprint density at radius 1 is 1.23 bits per heavy atom. The van der Waals surface area contributed by atoms with Crippen LogP contribution in [-0.4, -0.2) is 35.8 Å². The standard InChI is InChI=1S/C22H21F3N2O4/c1-12(26-13(2)28)10-29-15-3-4-18-19(9-15)31-21(27-18)14-7-16(23)20(17(24)8-14)30-11-22(25)5-6-22/h3-4,7-9,12H,5-6,10-11H2,1-2H3,(H,26,28)/t12-/m0/s1. The summed E-state index contributed by atoms with van der Waals surface area (Å²) >= 11 is 0. The summed E-state index contributed by atoms with van der Waals surface area (Å²) < 4.78 is 58.7. The number of nitrogens with zero attached hydrogens (tertiary/aromatic N) is 1. The lowest BCUT2D eigenvalue weighted by Crippen LogP contribution is -2.35. The molecule has 31 heavy (non-hydrogen) atoms. The minimum atomic E-state index is -1.49. The maximum Gasteiger partial charge on any atom is 0.227 e. The molecule has 1 atom stereocenters. The van der Waals surface area contributed by atoms with Gasteiger partial charge in [0.2, 0.25) is 11.8 Å². The molecular formula is C22H21F3N2O4. The summed E-state index contributed by atoms with van der Waals surface area (Å²) in [6.45, 7) is 3.10. The number of amides is 1. The van der Waals surface area contributed by atoms with E-state index in [1.54, 1.807) is 25.1 Å². The molecule has 0 aliphatic heterocycles. The summed E-state index contributed by atoms with van der Waals surface area (Å²) in [7, 11) is 0. The molecule has 1 fully saturated rings. The lowest BCUT2D eigenvalue weighted by Gasteiger charge is -2.13. The van der Waals surface area contributed by atoms with Gasteiger partial charge in [-0.2, -0.15) is 0 Å². The second-order valence-corrected chi connectivity index (χ2v) is 7.77. The molecule has 1 amide bonds. The third-order valence-corrected chi connectivity index (χ3v) is 4.82. The number of fused-ring (bicyclic) bond motifs is 1. The van der Waals surface area contributed by atoms with Crippen LogP contribution in [0.2, 0.25) is 0 Å². The van der Waals surface area contributed by atoms with E-state index < -0.39 is 23.1 Å². The van der Waals surface area contributed by atoms with Crippen molar-refractivity contribution in [2.24, 2.45) is 0 Å². The van der Waals surface area contributed by atoms with Crippen molar-refractivity contribution in [3.63, 3.8) is 0 Å². The van der Waals surface area contributed by atoms with Crippen LogP contribution in [0.25, 0.3) is 22.6 Å². The van der Waals surface area contributed by atoms with E-state index in [0.717, 1.165) is 12.1 Å². The fourth-order valence-corrected chi connectivity index (χ4v) is 3.03. The quantitative estimate of drug-likeness (QED) is 0.563. The Morgan fingerprint density at radius 3 is 2.58 bits per heavy atom. The molecule has 3 aromatic rings. The molecule has 0 unspecified atom stereocenters. The fourth-order valence-electron chi connectivity index (χ4n) is 3.03. The number of hydrogen-bond acceptors (Lipinski definition) is 5. The normalized spacial score (nSPS) is 15.5. The van der Waals surface area contributed by atoms with E-state index >= 15 is 0 Å². The SMILES string of the molecule is CC(=O)N[C@@H](C)COc1ccc2nc(-c3cc(F)c(OCC4(F)CC4)c(F)c3)oc2c1. The molecule has 2 aromatic carbocycles. The van der Waals surface area contributed by atoms with Crippen LogP contribution in [0.5, 0.6) is 11.5 Å². The predicted molar refractivity (Wildman–Crippen MR) is 107 cm³/mol. The van der Waals surface area contributed by atoms with Gasteiger partial charge in [0.25, 0.3) is 0 Å². The van der Waals surface area contributed by atoms with Crippen LogP contribution in [0.15, 0.2) is 34.7 Å². The van der Waals surface area contributed by atoms with E-state index in [4.69, 9.17) is 13.9 Å². The van der Waals surface area contributed by atoms with Crippen molar-refractivity contribution in [1.82, 2.24) is 10.3 Å². The Bertz CT molecular complexity index is 1100. The van der Waals surface area contributed by atoms with Gasteiger partial charge in [-0.25, -0.2) is 18.2 Å². The van der Waals surface area contributed by atoms with Crippen LogP contribution in [0.1, 0.15) is 26.7 Å². The highest BCUT2D eigenvalue weighted by Crippen LogP contribution is 2.41. The molecule has 1 saturated carbocycles. The van der Waals surface area contributed by atoms with E-state index in [1.165, 1.54) is 6.92 Å². The molecule has 0 spiro atoms. The summed E-state index contributed by atoms with van der Waals surface area (Å²) in [5.41, 5.74) is -0.556. The molecule has 0 bridgehead atoms. The van der Waals surface area contributed by atoms with Crippen LogP contribution < -0.4 is 14.8 Å². The van der Waals surface area contributed by atoms with Crippen LogP contribution in [-0.2, 0) is 4.79 Å². The Balaban J connectivity index is 1.50. The molecular weight excluding hydrogens is 413 g/mol. The molecule has 0 saturated heterocycles. The van der Waals surface area contributed by atoms with Gasteiger partial charge >= 0.3 is 0 Å². The first kappa shape index (κ1) is 21.0. The number of benzene rings is 2. The molecule has 1 N–H and O–H groups in total. The first-order chi connectivity index (χ1) is 14.7. The number of halogens is 3. The Morgan fingerprint density at radius 2 is 1.94 bits per heavy atom. The maximum atomic E-state index is 14.4. The highest BCUT2D eigenvalue weighted by atomic mass is 19.1. The van der Waals surface area contributed by atoms with Crippen molar-refractivity contribution < 1.29 is 31.9 Å². The Kier molecular flexibility index (Phi) is 5.51. The highest BCUT2D eigenvalue weighted by Gasteiger charge is 2.44. The van der Waals surface area contributed by atoms with Gasteiger partial charge in [-0.1, -0.05) is 0 Å². The van der Waals surface area contributed by atoms with Gasteiger partial charge in [0.1, 0.15) is 30.1 Å². The minimum absolute atomic E-state index is 0.0206. The molecule has 1 aliphatic carbocycles. The molecule has 6 nitrogen and oxygen atoms in total.